The molecule has 1 saturated heterocycles. The zero-order chi connectivity index (χ0) is 19.4. The van der Waals surface area contributed by atoms with E-state index in [-0.39, 0.29) is 11.8 Å². The number of nitrogens with zero attached hydrogens (tertiary/aromatic N) is 2. The lowest BCUT2D eigenvalue weighted by Gasteiger charge is -2.33. The molecule has 2 aromatic rings. The molecule has 2 N–H and O–H groups in total. The molecule has 27 heavy (non-hydrogen) atoms. The van der Waals surface area contributed by atoms with Crippen molar-refractivity contribution < 1.29 is 4.79 Å². The van der Waals surface area contributed by atoms with Crippen LogP contribution in [0.25, 0.3) is 5.70 Å². The molecule has 0 radical (unpaired) electrons. The monoisotopic (exact) mass is 421 g/mol. The Kier molecular flexibility index (Phi) is 6.68. The molecule has 142 valence electrons. The van der Waals surface area contributed by atoms with Gasteiger partial charge in [0.15, 0.2) is 0 Å². The van der Waals surface area contributed by atoms with Gasteiger partial charge in [0.05, 0.1) is 10.0 Å². The largest absolute Gasteiger partial charge is 0.371 e. The van der Waals surface area contributed by atoms with Crippen molar-refractivity contribution in [1.82, 2.24) is 9.88 Å². The number of amides is 1. The summed E-state index contributed by atoms with van der Waals surface area (Å²) in [4.78, 5) is 18.8. The van der Waals surface area contributed by atoms with Crippen molar-refractivity contribution in [1.29, 1.82) is 0 Å². The number of hydrogen-bond donors (Lipinski definition) is 1. The quantitative estimate of drug-likeness (QED) is 0.677. The molecule has 2 heterocycles. The molecule has 0 spiro atoms. The highest BCUT2D eigenvalue weighted by Gasteiger charge is 2.24. The van der Waals surface area contributed by atoms with E-state index in [1.54, 1.807) is 11.8 Å². The topological polar surface area (TPSA) is 59.2 Å². The Hall–Kier alpha value is -1.69. The first kappa shape index (κ1) is 20.1. The number of nitrogens with two attached hydrogens (primary N) is 1. The minimum atomic E-state index is -0.209. The van der Waals surface area contributed by atoms with Crippen molar-refractivity contribution in [3.05, 3.63) is 64.4 Å². The van der Waals surface area contributed by atoms with Gasteiger partial charge < -0.3 is 10.6 Å². The van der Waals surface area contributed by atoms with Crippen LogP contribution in [0.1, 0.15) is 24.0 Å². The van der Waals surface area contributed by atoms with Crippen LogP contribution < -0.4 is 5.73 Å². The number of pyridine rings is 1. The van der Waals surface area contributed by atoms with Crippen LogP contribution in [0.3, 0.4) is 0 Å². The zero-order valence-corrected chi connectivity index (χ0v) is 17.2. The average Bonchev–Trinajstić information content (AvgIpc) is 2.67. The van der Waals surface area contributed by atoms with Gasteiger partial charge in [0.2, 0.25) is 5.91 Å². The van der Waals surface area contributed by atoms with Gasteiger partial charge in [0.25, 0.3) is 0 Å². The maximum Gasteiger partial charge on any atom is 0.220 e. The summed E-state index contributed by atoms with van der Waals surface area (Å²) in [6, 6.07) is 7.60. The number of rotatable bonds is 6. The van der Waals surface area contributed by atoms with Crippen molar-refractivity contribution >= 4 is 46.6 Å². The predicted molar refractivity (Wildman–Crippen MR) is 113 cm³/mol. The second-order valence-electron chi connectivity index (χ2n) is 6.53. The van der Waals surface area contributed by atoms with E-state index in [0.29, 0.717) is 15.8 Å². The zero-order valence-electron chi connectivity index (χ0n) is 14.8. The molecule has 7 heteroatoms. The van der Waals surface area contributed by atoms with Crippen LogP contribution in [0.15, 0.2) is 48.1 Å². The fourth-order valence-electron chi connectivity index (χ4n) is 3.12. The molecule has 3 rings (SSSR count). The normalized spacial score (nSPS) is 15.0. The van der Waals surface area contributed by atoms with E-state index in [1.807, 2.05) is 30.6 Å². The summed E-state index contributed by atoms with van der Waals surface area (Å²) in [5.74, 6) is 0.468. The summed E-state index contributed by atoms with van der Waals surface area (Å²) in [7, 11) is 0. The lowest BCUT2D eigenvalue weighted by molar-refractivity contribution is -0.122. The van der Waals surface area contributed by atoms with Crippen LogP contribution in [0.4, 0.5) is 0 Å². The van der Waals surface area contributed by atoms with Crippen LogP contribution in [-0.4, -0.2) is 28.9 Å². The Balaban J connectivity index is 1.65. The van der Waals surface area contributed by atoms with E-state index >= 15 is 0 Å². The highest BCUT2D eigenvalue weighted by molar-refractivity contribution is 7.98. The van der Waals surface area contributed by atoms with Crippen LogP contribution >= 0.6 is 35.0 Å². The van der Waals surface area contributed by atoms with Crippen LogP contribution in [0.5, 0.6) is 0 Å². The van der Waals surface area contributed by atoms with Gasteiger partial charge >= 0.3 is 0 Å². The smallest absolute Gasteiger partial charge is 0.220 e. The fourth-order valence-corrected chi connectivity index (χ4v) is 4.72. The number of primary amides is 1. The maximum absolute atomic E-state index is 11.3. The standard InChI is InChI=1S/C20H21Cl2N3OS/c1-13(25-7-5-15(6-8-25)20(23)26)16-9-14(10-24-11-16)12-27-19-17(21)3-2-4-18(19)22/h2-4,9-11,15H,1,5-8,12H2,(H2,23,26). The van der Waals surface area contributed by atoms with Crippen molar-refractivity contribution in [2.24, 2.45) is 11.7 Å². The van der Waals surface area contributed by atoms with E-state index in [2.05, 4.69) is 22.5 Å². The minimum absolute atomic E-state index is 0.0321. The third kappa shape index (κ3) is 4.98. The van der Waals surface area contributed by atoms with Gasteiger partial charge in [-0.2, -0.15) is 0 Å². The highest BCUT2D eigenvalue weighted by atomic mass is 35.5. The molecule has 1 aliphatic heterocycles. The van der Waals surface area contributed by atoms with E-state index in [9.17, 15) is 4.79 Å². The Bertz CT molecular complexity index is 831. The SMILES string of the molecule is C=C(c1cncc(CSc2c(Cl)cccc2Cl)c1)N1CCC(C(N)=O)CC1. The van der Waals surface area contributed by atoms with Gasteiger partial charge in [0, 0.05) is 53.3 Å². The number of carbonyl (C=O) groups is 1. The summed E-state index contributed by atoms with van der Waals surface area (Å²) in [5.41, 5.74) is 8.39. The summed E-state index contributed by atoms with van der Waals surface area (Å²) in [5, 5.41) is 1.30. The number of hydrogen-bond acceptors (Lipinski definition) is 4. The minimum Gasteiger partial charge on any atom is -0.371 e. The van der Waals surface area contributed by atoms with E-state index in [4.69, 9.17) is 28.9 Å². The first-order chi connectivity index (χ1) is 13.0. The lowest BCUT2D eigenvalue weighted by atomic mass is 9.95. The number of benzene rings is 1. The summed E-state index contributed by atoms with van der Waals surface area (Å²) >= 11 is 14.1. The van der Waals surface area contributed by atoms with Gasteiger partial charge in [-0.05, 0) is 36.6 Å². The van der Waals surface area contributed by atoms with Crippen molar-refractivity contribution in [3.63, 3.8) is 0 Å². The third-order valence-electron chi connectivity index (χ3n) is 4.71. The second kappa shape index (κ2) is 9.00. The van der Waals surface area contributed by atoms with Crippen molar-refractivity contribution in [3.8, 4) is 0 Å². The Morgan fingerprint density at radius 2 is 1.93 bits per heavy atom. The van der Waals surface area contributed by atoms with Crippen LogP contribution in [0.2, 0.25) is 10.0 Å². The van der Waals surface area contributed by atoms with Gasteiger partial charge in [-0.1, -0.05) is 35.8 Å². The van der Waals surface area contributed by atoms with Crippen LogP contribution in [-0.2, 0) is 10.5 Å². The molecule has 0 unspecified atom stereocenters. The molecule has 0 saturated carbocycles. The predicted octanol–water partition coefficient (Wildman–Crippen LogP) is 4.85. The van der Waals surface area contributed by atoms with Gasteiger partial charge in [-0.15, -0.1) is 11.8 Å². The molecule has 0 bridgehead atoms. The van der Waals surface area contributed by atoms with Crippen molar-refractivity contribution in [2.75, 3.05) is 13.1 Å². The van der Waals surface area contributed by atoms with Gasteiger partial charge in [0.1, 0.15) is 0 Å². The molecule has 1 amide bonds. The van der Waals surface area contributed by atoms with E-state index in [0.717, 1.165) is 47.7 Å². The Labute approximate surface area is 173 Å². The Morgan fingerprint density at radius 3 is 2.56 bits per heavy atom. The average molecular weight is 422 g/mol. The molecule has 1 fully saturated rings. The Morgan fingerprint density at radius 1 is 1.26 bits per heavy atom. The van der Waals surface area contributed by atoms with Gasteiger partial charge in [-0.25, -0.2) is 0 Å². The van der Waals surface area contributed by atoms with Crippen LogP contribution in [0, 0.1) is 5.92 Å². The molecule has 0 aliphatic carbocycles. The number of thioether (sulfide) groups is 1. The first-order valence-electron chi connectivity index (χ1n) is 8.70. The molecule has 4 nitrogen and oxygen atoms in total. The highest BCUT2D eigenvalue weighted by Crippen LogP contribution is 2.36. The number of aromatic nitrogens is 1. The number of likely N-dealkylation sites (tertiary alicyclic amines) is 1. The van der Waals surface area contributed by atoms with Crippen molar-refractivity contribution in [2.45, 2.75) is 23.5 Å². The maximum atomic E-state index is 11.3. The fraction of sp³-hybridized carbons (Fsp3) is 0.300. The van der Waals surface area contributed by atoms with E-state index < -0.39 is 0 Å². The first-order valence-corrected chi connectivity index (χ1v) is 10.4. The lowest BCUT2D eigenvalue weighted by Crippen LogP contribution is -2.37. The summed E-state index contributed by atoms with van der Waals surface area (Å²) < 4.78 is 0. The summed E-state index contributed by atoms with van der Waals surface area (Å²) in [6.07, 6.45) is 5.19. The number of piperidine rings is 1. The molecule has 1 aromatic heterocycles. The van der Waals surface area contributed by atoms with Gasteiger partial charge in [-0.3, -0.25) is 9.78 Å². The molecule has 1 aromatic carbocycles. The molecule has 1 aliphatic rings. The summed E-state index contributed by atoms with van der Waals surface area (Å²) in [6.45, 7) is 5.78. The molecule has 0 atom stereocenters. The third-order valence-corrected chi connectivity index (χ3v) is 6.77. The number of carbonyl (C=O) groups excluding carboxylic acids is 1. The molecular formula is C20H21Cl2N3OS. The number of halogens is 2. The molecular weight excluding hydrogens is 401 g/mol. The van der Waals surface area contributed by atoms with E-state index in [1.165, 1.54) is 0 Å². The second-order valence-corrected chi connectivity index (χ2v) is 8.33.